The van der Waals surface area contributed by atoms with E-state index in [1.54, 1.807) is 7.11 Å². The first-order valence-corrected chi connectivity index (χ1v) is 9.67. The van der Waals surface area contributed by atoms with Gasteiger partial charge in [0.2, 0.25) is 0 Å². The molecular formula is C22H30N4O. The highest BCUT2D eigenvalue weighted by Gasteiger charge is 2.22. The summed E-state index contributed by atoms with van der Waals surface area (Å²) in [5.74, 6) is 1.33. The summed E-state index contributed by atoms with van der Waals surface area (Å²) in [5, 5.41) is 3.19. The molecule has 0 bridgehead atoms. The third kappa shape index (κ3) is 5.47. The number of nitrogens with zero attached hydrogens (tertiary/aromatic N) is 2. The number of guanidine groups is 1. The molecule has 3 N–H and O–H groups in total. The first-order valence-electron chi connectivity index (χ1n) is 9.67. The number of nitrogens with two attached hydrogens (primary N) is 1. The van der Waals surface area contributed by atoms with Gasteiger partial charge >= 0.3 is 0 Å². The predicted molar refractivity (Wildman–Crippen MR) is 112 cm³/mol. The Labute approximate surface area is 162 Å². The van der Waals surface area contributed by atoms with Gasteiger partial charge in [0.05, 0.1) is 19.7 Å². The Hall–Kier alpha value is -2.53. The summed E-state index contributed by atoms with van der Waals surface area (Å²) in [6, 6.07) is 16.7. The molecule has 27 heavy (non-hydrogen) atoms. The zero-order valence-electron chi connectivity index (χ0n) is 16.3. The van der Waals surface area contributed by atoms with Crippen molar-refractivity contribution >= 4 is 11.6 Å². The van der Waals surface area contributed by atoms with Crippen molar-refractivity contribution in [3.05, 3.63) is 59.7 Å². The van der Waals surface area contributed by atoms with Crippen molar-refractivity contribution in [1.29, 1.82) is 0 Å². The molecule has 5 nitrogen and oxygen atoms in total. The lowest BCUT2D eigenvalue weighted by Crippen LogP contribution is -2.36. The SMILES string of the molecule is COc1ccc(C(CN=C(N)Nc2ccc(C)cc2)N2CCCCC2)cc1. The summed E-state index contributed by atoms with van der Waals surface area (Å²) in [6.07, 6.45) is 3.80. The average molecular weight is 367 g/mol. The van der Waals surface area contributed by atoms with E-state index in [-0.39, 0.29) is 6.04 Å². The molecule has 144 valence electrons. The fourth-order valence-electron chi connectivity index (χ4n) is 3.50. The third-order valence-electron chi connectivity index (χ3n) is 5.09. The van der Waals surface area contributed by atoms with Crippen LogP contribution in [0.15, 0.2) is 53.5 Å². The van der Waals surface area contributed by atoms with Crippen LogP contribution in [-0.2, 0) is 0 Å². The monoisotopic (exact) mass is 366 g/mol. The molecule has 1 aliphatic heterocycles. The Bertz CT molecular complexity index is 734. The molecule has 3 rings (SSSR count). The van der Waals surface area contributed by atoms with Gasteiger partial charge in [0.25, 0.3) is 0 Å². The molecule has 0 saturated carbocycles. The van der Waals surface area contributed by atoms with Gasteiger partial charge in [-0.25, -0.2) is 0 Å². The van der Waals surface area contributed by atoms with E-state index in [4.69, 9.17) is 10.5 Å². The summed E-state index contributed by atoms with van der Waals surface area (Å²) in [4.78, 5) is 7.17. The van der Waals surface area contributed by atoms with Gasteiger partial charge in [-0.2, -0.15) is 0 Å². The van der Waals surface area contributed by atoms with Crippen molar-refractivity contribution in [3.8, 4) is 5.75 Å². The van der Waals surface area contributed by atoms with Crippen molar-refractivity contribution in [1.82, 2.24) is 4.90 Å². The number of nitrogens with one attached hydrogen (secondary N) is 1. The molecule has 0 aliphatic carbocycles. The average Bonchev–Trinajstić information content (AvgIpc) is 2.71. The van der Waals surface area contributed by atoms with E-state index >= 15 is 0 Å². The van der Waals surface area contributed by atoms with E-state index in [9.17, 15) is 0 Å². The molecule has 5 heteroatoms. The van der Waals surface area contributed by atoms with Gasteiger partial charge in [-0.3, -0.25) is 9.89 Å². The number of benzene rings is 2. The van der Waals surface area contributed by atoms with Gasteiger partial charge < -0.3 is 15.8 Å². The number of aryl methyl sites for hydroxylation is 1. The lowest BCUT2D eigenvalue weighted by atomic mass is 10.0. The summed E-state index contributed by atoms with van der Waals surface area (Å²) >= 11 is 0. The molecule has 0 amide bonds. The van der Waals surface area contributed by atoms with Crippen LogP contribution in [-0.4, -0.2) is 37.6 Å². The maximum atomic E-state index is 6.15. The highest BCUT2D eigenvalue weighted by atomic mass is 16.5. The Balaban J connectivity index is 1.72. The van der Waals surface area contributed by atoms with Crippen molar-refractivity contribution in [3.63, 3.8) is 0 Å². The highest BCUT2D eigenvalue weighted by molar-refractivity contribution is 5.92. The maximum Gasteiger partial charge on any atom is 0.193 e. The van der Waals surface area contributed by atoms with Gasteiger partial charge in [0, 0.05) is 5.69 Å². The van der Waals surface area contributed by atoms with Crippen molar-refractivity contribution < 1.29 is 4.74 Å². The molecule has 1 atom stereocenters. The summed E-state index contributed by atoms with van der Waals surface area (Å²) in [5.41, 5.74) is 9.58. The molecule has 1 aliphatic rings. The van der Waals surface area contributed by atoms with E-state index in [1.807, 2.05) is 24.3 Å². The Kier molecular flexibility index (Phi) is 6.71. The molecular weight excluding hydrogens is 336 g/mol. The molecule has 1 saturated heterocycles. The zero-order valence-corrected chi connectivity index (χ0v) is 16.3. The minimum Gasteiger partial charge on any atom is -0.497 e. The van der Waals surface area contributed by atoms with Gasteiger partial charge in [-0.15, -0.1) is 0 Å². The van der Waals surface area contributed by atoms with Crippen LogP contribution in [0.25, 0.3) is 0 Å². The van der Waals surface area contributed by atoms with E-state index < -0.39 is 0 Å². The predicted octanol–water partition coefficient (Wildman–Crippen LogP) is 3.96. The number of methoxy groups -OCH3 is 1. The smallest absolute Gasteiger partial charge is 0.193 e. The van der Waals surface area contributed by atoms with Gasteiger partial charge in [-0.05, 0) is 62.7 Å². The van der Waals surface area contributed by atoms with Gasteiger partial charge in [-0.1, -0.05) is 36.2 Å². The maximum absolute atomic E-state index is 6.15. The van der Waals surface area contributed by atoms with Crippen molar-refractivity contribution in [2.75, 3.05) is 32.1 Å². The number of likely N-dealkylation sites (tertiary alicyclic amines) is 1. The molecule has 0 aromatic heterocycles. The van der Waals surface area contributed by atoms with Crippen LogP contribution in [0.1, 0.15) is 36.4 Å². The standard InChI is InChI=1S/C22H30N4O/c1-17-6-10-19(11-7-17)25-22(23)24-16-21(26-14-4-3-5-15-26)18-8-12-20(27-2)13-9-18/h6-13,21H,3-5,14-16H2,1-2H3,(H3,23,24,25). The number of piperidine rings is 1. The first kappa shape index (κ1) is 19.2. The van der Waals surface area contributed by atoms with Gasteiger partial charge in [0.15, 0.2) is 5.96 Å². The Morgan fingerprint density at radius 1 is 1.07 bits per heavy atom. The lowest BCUT2D eigenvalue weighted by molar-refractivity contribution is 0.168. The second-order valence-corrected chi connectivity index (χ2v) is 7.10. The van der Waals surface area contributed by atoms with E-state index in [2.05, 4.69) is 46.4 Å². The number of rotatable bonds is 6. The number of aliphatic imine (C=N–C) groups is 1. The minimum absolute atomic E-state index is 0.231. The van der Waals surface area contributed by atoms with Crippen LogP contribution >= 0.6 is 0 Å². The van der Waals surface area contributed by atoms with Crippen molar-refractivity contribution in [2.45, 2.75) is 32.2 Å². The second kappa shape index (κ2) is 9.42. The summed E-state index contributed by atoms with van der Waals surface area (Å²) in [6.45, 7) is 4.92. The second-order valence-electron chi connectivity index (χ2n) is 7.10. The summed E-state index contributed by atoms with van der Waals surface area (Å²) < 4.78 is 5.30. The Morgan fingerprint density at radius 2 is 1.74 bits per heavy atom. The quantitative estimate of drug-likeness (QED) is 0.600. The molecule has 2 aromatic rings. The first-order chi connectivity index (χ1) is 13.2. The third-order valence-corrected chi connectivity index (χ3v) is 5.09. The van der Waals surface area contributed by atoms with Crippen LogP contribution in [0.5, 0.6) is 5.75 Å². The molecule has 0 spiro atoms. The van der Waals surface area contributed by atoms with Crippen LogP contribution in [0.4, 0.5) is 5.69 Å². The number of hydrogen-bond donors (Lipinski definition) is 2. The normalized spacial score (nSPS) is 16.7. The molecule has 1 unspecified atom stereocenters. The number of ether oxygens (including phenoxy) is 1. The minimum atomic E-state index is 0.231. The topological polar surface area (TPSA) is 62.9 Å². The zero-order chi connectivity index (χ0) is 19.1. The highest BCUT2D eigenvalue weighted by Crippen LogP contribution is 2.26. The Morgan fingerprint density at radius 3 is 2.37 bits per heavy atom. The fourth-order valence-corrected chi connectivity index (χ4v) is 3.50. The van der Waals surface area contributed by atoms with Crippen LogP contribution in [0.2, 0.25) is 0 Å². The molecule has 1 fully saturated rings. The number of hydrogen-bond acceptors (Lipinski definition) is 3. The summed E-state index contributed by atoms with van der Waals surface area (Å²) in [7, 11) is 1.69. The fraction of sp³-hybridized carbons (Fsp3) is 0.409. The van der Waals surface area contributed by atoms with Crippen LogP contribution < -0.4 is 15.8 Å². The molecule has 2 aromatic carbocycles. The van der Waals surface area contributed by atoms with Gasteiger partial charge in [0.1, 0.15) is 5.75 Å². The molecule has 1 heterocycles. The number of anilines is 1. The van der Waals surface area contributed by atoms with Crippen molar-refractivity contribution in [2.24, 2.45) is 10.7 Å². The van der Waals surface area contributed by atoms with E-state index in [1.165, 1.54) is 30.4 Å². The van der Waals surface area contributed by atoms with Crippen LogP contribution in [0, 0.1) is 6.92 Å². The largest absolute Gasteiger partial charge is 0.497 e. The van der Waals surface area contributed by atoms with Crippen LogP contribution in [0.3, 0.4) is 0 Å². The van der Waals surface area contributed by atoms with E-state index in [0.29, 0.717) is 12.5 Å². The van der Waals surface area contributed by atoms with E-state index in [0.717, 1.165) is 24.5 Å². The lowest BCUT2D eigenvalue weighted by Gasteiger charge is -2.34. The molecule has 0 radical (unpaired) electrons.